The summed E-state index contributed by atoms with van der Waals surface area (Å²) in [6.07, 6.45) is -0.699. The number of nitrogens with one attached hydrogen (secondary N) is 1. The molecule has 1 heterocycles. The van der Waals surface area contributed by atoms with Gasteiger partial charge in [-0.25, -0.2) is 23.4 Å². The van der Waals surface area contributed by atoms with Crippen LogP contribution < -0.4 is 5.32 Å². The molecule has 0 saturated heterocycles. The summed E-state index contributed by atoms with van der Waals surface area (Å²) in [4.78, 5) is 26.7. The van der Waals surface area contributed by atoms with Gasteiger partial charge in [-0.1, -0.05) is 0 Å². The Kier molecular flexibility index (Phi) is 6.04. The van der Waals surface area contributed by atoms with Crippen LogP contribution in [0.1, 0.15) is 55.0 Å². The van der Waals surface area contributed by atoms with Gasteiger partial charge in [-0.05, 0) is 27.7 Å². The van der Waals surface area contributed by atoms with Crippen LogP contribution in [0.3, 0.4) is 0 Å². The molecule has 1 aromatic rings. The van der Waals surface area contributed by atoms with Gasteiger partial charge in [0, 0.05) is 6.92 Å². The van der Waals surface area contributed by atoms with Crippen LogP contribution in [0.15, 0.2) is 0 Å². The fourth-order valence-electron chi connectivity index (χ4n) is 1.54. The molecule has 0 unspecified atom stereocenters. The van der Waals surface area contributed by atoms with Crippen molar-refractivity contribution in [3.63, 3.8) is 0 Å². The normalized spacial score (nSPS) is 12.0. The van der Waals surface area contributed by atoms with Gasteiger partial charge >= 0.3 is 12.1 Å². The second kappa shape index (κ2) is 7.20. The van der Waals surface area contributed by atoms with E-state index in [0.29, 0.717) is 18.3 Å². The molecule has 9 heteroatoms. The molecule has 0 radical (unpaired) electrons. The molecule has 1 amide bonds. The number of halogens is 2. The Balaban J connectivity index is 2.89. The number of ether oxygens (including phenoxy) is 2. The maximum Gasteiger partial charge on any atom is 0.408 e. The van der Waals surface area contributed by atoms with Crippen molar-refractivity contribution in [2.75, 3.05) is 6.61 Å². The van der Waals surface area contributed by atoms with Crippen molar-refractivity contribution in [2.24, 2.45) is 0 Å². The third-order valence-corrected chi connectivity index (χ3v) is 3.55. The molecule has 0 aliphatic rings. The van der Waals surface area contributed by atoms with Gasteiger partial charge in [0.05, 0.1) is 13.2 Å². The topological polar surface area (TPSA) is 77.5 Å². The van der Waals surface area contributed by atoms with Gasteiger partial charge in [-0.3, -0.25) is 0 Å². The van der Waals surface area contributed by atoms with Gasteiger partial charge < -0.3 is 14.8 Å². The third-order valence-electron chi connectivity index (χ3n) is 2.32. The van der Waals surface area contributed by atoms with Crippen LogP contribution in [0.2, 0.25) is 0 Å². The molecule has 0 aliphatic heterocycles. The Labute approximate surface area is 137 Å². The van der Waals surface area contributed by atoms with Crippen LogP contribution in [0.25, 0.3) is 0 Å². The molecule has 1 rings (SSSR count). The summed E-state index contributed by atoms with van der Waals surface area (Å²) in [6.45, 7) is 7.27. The number of nitrogens with zero attached hydrogens (tertiary/aromatic N) is 1. The van der Waals surface area contributed by atoms with Crippen LogP contribution in [0, 0.1) is 0 Å². The lowest BCUT2D eigenvalue weighted by atomic mass is 10.2. The Morgan fingerprint density at radius 2 is 1.87 bits per heavy atom. The number of thiazole rings is 1. The van der Waals surface area contributed by atoms with Gasteiger partial charge in [0.15, 0.2) is 5.69 Å². The third kappa shape index (κ3) is 6.09. The second-order valence-electron chi connectivity index (χ2n) is 5.75. The molecule has 0 fully saturated rings. The van der Waals surface area contributed by atoms with E-state index in [1.165, 1.54) is 0 Å². The molecule has 6 nitrogen and oxygen atoms in total. The lowest BCUT2D eigenvalue weighted by molar-refractivity contribution is 0.0178. The zero-order valence-electron chi connectivity index (χ0n) is 13.7. The monoisotopic (exact) mass is 350 g/mol. The Bertz CT molecular complexity index is 576. The molecule has 23 heavy (non-hydrogen) atoms. The highest BCUT2D eigenvalue weighted by molar-refractivity contribution is 7.12. The summed E-state index contributed by atoms with van der Waals surface area (Å²) in [5.74, 6) is -4.15. The first-order valence-corrected chi connectivity index (χ1v) is 7.77. The van der Waals surface area contributed by atoms with Gasteiger partial charge in [0.2, 0.25) is 0 Å². The standard InChI is InChI=1S/C14H20F2N2O4S/c1-6-21-11(19)9-10(14(5,15)16)23-8(18-9)7-17-12(20)22-13(2,3)4/h6-7H2,1-5H3,(H,17,20). The van der Waals surface area contributed by atoms with Gasteiger partial charge in [-0.2, -0.15) is 0 Å². The summed E-state index contributed by atoms with van der Waals surface area (Å²) in [5, 5.41) is 2.57. The fourth-order valence-corrected chi connectivity index (χ4v) is 2.46. The summed E-state index contributed by atoms with van der Waals surface area (Å²) in [5.41, 5.74) is -1.10. The smallest absolute Gasteiger partial charge is 0.408 e. The van der Waals surface area contributed by atoms with Crippen LogP contribution >= 0.6 is 11.3 Å². The summed E-state index contributed by atoms with van der Waals surface area (Å²) in [6, 6.07) is 0. The maximum absolute atomic E-state index is 13.6. The number of aromatic nitrogens is 1. The highest BCUT2D eigenvalue weighted by Gasteiger charge is 2.35. The summed E-state index contributed by atoms with van der Waals surface area (Å²) < 4.78 is 37.0. The van der Waals surface area contributed by atoms with E-state index in [2.05, 4.69) is 10.3 Å². The molecule has 0 atom stereocenters. The highest BCUT2D eigenvalue weighted by atomic mass is 32.1. The minimum Gasteiger partial charge on any atom is -0.461 e. The lowest BCUT2D eigenvalue weighted by Gasteiger charge is -2.19. The van der Waals surface area contributed by atoms with Gasteiger partial charge in [-0.15, -0.1) is 11.3 Å². The van der Waals surface area contributed by atoms with Crippen molar-refractivity contribution < 1.29 is 27.8 Å². The average Bonchev–Trinajstić information content (AvgIpc) is 2.78. The molecule has 1 aromatic heterocycles. The predicted molar refractivity (Wildman–Crippen MR) is 80.7 cm³/mol. The van der Waals surface area contributed by atoms with Crippen molar-refractivity contribution >= 4 is 23.4 Å². The molecule has 0 spiro atoms. The Morgan fingerprint density at radius 3 is 2.35 bits per heavy atom. The van der Waals surface area contributed by atoms with E-state index in [1.54, 1.807) is 27.7 Å². The number of rotatable bonds is 5. The van der Waals surface area contributed by atoms with Crippen molar-refractivity contribution in [1.82, 2.24) is 10.3 Å². The van der Waals surface area contributed by atoms with Crippen LogP contribution in [0.5, 0.6) is 0 Å². The first-order chi connectivity index (χ1) is 10.4. The van der Waals surface area contributed by atoms with E-state index < -0.39 is 34.2 Å². The van der Waals surface area contributed by atoms with Crippen LogP contribution in [-0.4, -0.2) is 29.3 Å². The van der Waals surface area contributed by atoms with E-state index in [4.69, 9.17) is 9.47 Å². The zero-order chi connectivity index (χ0) is 17.8. The Morgan fingerprint density at radius 1 is 1.26 bits per heavy atom. The molecular formula is C14H20F2N2O4S. The second-order valence-corrected chi connectivity index (χ2v) is 6.83. The molecule has 0 bridgehead atoms. The summed E-state index contributed by atoms with van der Waals surface area (Å²) in [7, 11) is 0. The number of carbonyl (C=O) groups is 2. The van der Waals surface area contributed by atoms with E-state index in [0.717, 1.165) is 0 Å². The van der Waals surface area contributed by atoms with Crippen molar-refractivity contribution in [2.45, 2.75) is 52.7 Å². The molecular weight excluding hydrogens is 330 g/mol. The quantitative estimate of drug-likeness (QED) is 0.823. The largest absolute Gasteiger partial charge is 0.461 e. The minimum absolute atomic E-state index is 0.0522. The van der Waals surface area contributed by atoms with Crippen molar-refractivity contribution in [1.29, 1.82) is 0 Å². The maximum atomic E-state index is 13.6. The van der Waals surface area contributed by atoms with E-state index in [1.807, 2.05) is 0 Å². The molecule has 1 N–H and O–H groups in total. The van der Waals surface area contributed by atoms with Crippen molar-refractivity contribution in [3.05, 3.63) is 15.6 Å². The van der Waals surface area contributed by atoms with E-state index >= 15 is 0 Å². The highest BCUT2D eigenvalue weighted by Crippen LogP contribution is 2.35. The number of esters is 1. The molecule has 0 aliphatic carbocycles. The van der Waals surface area contributed by atoms with E-state index in [9.17, 15) is 18.4 Å². The summed E-state index contributed by atoms with van der Waals surface area (Å²) >= 11 is 0.648. The first kappa shape index (κ1) is 19.3. The average molecular weight is 350 g/mol. The van der Waals surface area contributed by atoms with Crippen LogP contribution in [-0.2, 0) is 21.9 Å². The predicted octanol–water partition coefficient (Wildman–Crippen LogP) is 3.46. The number of hydrogen-bond acceptors (Lipinski definition) is 6. The number of alkyl carbamates (subject to hydrolysis) is 1. The lowest BCUT2D eigenvalue weighted by Crippen LogP contribution is -2.32. The number of amides is 1. The number of carbonyl (C=O) groups excluding carboxylic acids is 2. The fraction of sp³-hybridized carbons (Fsp3) is 0.643. The molecule has 0 saturated carbocycles. The number of hydrogen-bond donors (Lipinski definition) is 1. The first-order valence-electron chi connectivity index (χ1n) is 6.96. The van der Waals surface area contributed by atoms with E-state index in [-0.39, 0.29) is 18.2 Å². The van der Waals surface area contributed by atoms with Gasteiger partial charge in [0.1, 0.15) is 15.5 Å². The zero-order valence-corrected chi connectivity index (χ0v) is 14.5. The van der Waals surface area contributed by atoms with Gasteiger partial charge in [0.25, 0.3) is 5.92 Å². The molecule has 0 aromatic carbocycles. The van der Waals surface area contributed by atoms with Crippen LogP contribution in [0.4, 0.5) is 13.6 Å². The Hall–Kier alpha value is -1.77. The number of alkyl halides is 2. The van der Waals surface area contributed by atoms with Crippen molar-refractivity contribution in [3.8, 4) is 0 Å². The SMILES string of the molecule is CCOC(=O)c1nc(CNC(=O)OC(C)(C)C)sc1C(C)(F)F. The minimum atomic E-state index is -3.23. The molecule has 130 valence electrons.